The van der Waals surface area contributed by atoms with Gasteiger partial charge in [-0.3, -0.25) is 4.79 Å². The number of carbonyl (C=O) groups excluding carboxylic acids is 1. The summed E-state index contributed by atoms with van der Waals surface area (Å²) >= 11 is 5.72. The Labute approximate surface area is 128 Å². The zero-order chi connectivity index (χ0) is 15.6. The van der Waals surface area contributed by atoms with Crippen LogP contribution in [0.1, 0.15) is 18.9 Å². The topological polar surface area (TPSA) is 32.3 Å². The summed E-state index contributed by atoms with van der Waals surface area (Å²) in [4.78, 5) is 14.1. The molecule has 1 amide bonds. The van der Waals surface area contributed by atoms with Crippen LogP contribution in [0.3, 0.4) is 0 Å². The lowest BCUT2D eigenvalue weighted by atomic mass is 9.93. The third-order valence-electron chi connectivity index (χ3n) is 3.90. The summed E-state index contributed by atoms with van der Waals surface area (Å²) in [6, 6.07) is 5.02. The normalized spacial score (nSPS) is 23.9. The van der Waals surface area contributed by atoms with E-state index in [-0.39, 0.29) is 22.5 Å². The number of alkyl halides is 2. The maximum absolute atomic E-state index is 14.2. The first-order valence-electron chi connectivity index (χ1n) is 6.94. The van der Waals surface area contributed by atoms with Gasteiger partial charge in [-0.05, 0) is 38.1 Å². The highest BCUT2D eigenvalue weighted by Crippen LogP contribution is 2.30. The summed E-state index contributed by atoms with van der Waals surface area (Å²) in [5, 5.41) is 2.68. The van der Waals surface area contributed by atoms with E-state index in [1.165, 1.54) is 18.2 Å². The van der Waals surface area contributed by atoms with Gasteiger partial charge in [0.1, 0.15) is 0 Å². The Morgan fingerprint density at radius 2 is 2.19 bits per heavy atom. The number of piperidine rings is 1. The van der Waals surface area contributed by atoms with Crippen LogP contribution < -0.4 is 5.32 Å². The van der Waals surface area contributed by atoms with E-state index >= 15 is 0 Å². The van der Waals surface area contributed by atoms with E-state index in [1.54, 1.807) is 0 Å². The van der Waals surface area contributed by atoms with Gasteiger partial charge in [-0.2, -0.15) is 8.78 Å². The predicted molar refractivity (Wildman–Crippen MR) is 78.6 cm³/mol. The molecule has 1 saturated heterocycles. The van der Waals surface area contributed by atoms with Crippen molar-refractivity contribution in [2.75, 3.05) is 20.1 Å². The molecule has 0 saturated carbocycles. The molecule has 3 nitrogen and oxygen atoms in total. The lowest BCUT2D eigenvalue weighted by molar-refractivity contribution is -0.148. The third kappa shape index (κ3) is 3.71. The number of amides is 1. The number of hydrogen-bond acceptors (Lipinski definition) is 2. The molecule has 0 bridgehead atoms. The molecule has 6 heteroatoms. The van der Waals surface area contributed by atoms with E-state index in [9.17, 15) is 13.6 Å². The largest absolute Gasteiger partial charge is 0.349 e. The number of benzene rings is 1. The molecule has 1 aliphatic rings. The molecule has 0 spiro atoms. The third-order valence-corrected chi connectivity index (χ3v) is 4.13. The molecule has 1 heterocycles. The predicted octanol–water partition coefficient (Wildman–Crippen LogP) is 2.89. The molecule has 0 aromatic heterocycles. The van der Waals surface area contributed by atoms with Crippen molar-refractivity contribution in [3.05, 3.63) is 34.9 Å². The monoisotopic (exact) mass is 316 g/mol. The van der Waals surface area contributed by atoms with E-state index < -0.39 is 11.8 Å². The SMILES string of the molecule is C[C@H]1CN(C)CC[C@H]1NC(=O)C(F)(F)c1cccc(Cl)c1. The molecular formula is C15H19ClF2N2O. The van der Waals surface area contributed by atoms with E-state index in [4.69, 9.17) is 11.6 Å². The van der Waals surface area contributed by atoms with E-state index in [0.29, 0.717) is 6.42 Å². The average molecular weight is 317 g/mol. The Hall–Kier alpha value is -1.20. The van der Waals surface area contributed by atoms with Crippen molar-refractivity contribution in [2.24, 2.45) is 5.92 Å². The second-order valence-corrected chi connectivity index (χ2v) is 6.13. The number of rotatable bonds is 3. The van der Waals surface area contributed by atoms with E-state index in [0.717, 1.165) is 19.2 Å². The van der Waals surface area contributed by atoms with Crippen molar-refractivity contribution in [2.45, 2.75) is 25.3 Å². The Kier molecular flexibility index (Phi) is 4.84. The number of nitrogens with zero attached hydrogens (tertiary/aromatic N) is 1. The fourth-order valence-corrected chi connectivity index (χ4v) is 2.83. The van der Waals surface area contributed by atoms with Crippen LogP contribution in [0.25, 0.3) is 0 Å². The number of halogens is 3. The van der Waals surface area contributed by atoms with Gasteiger partial charge in [-0.25, -0.2) is 0 Å². The van der Waals surface area contributed by atoms with Crippen LogP contribution in [0.5, 0.6) is 0 Å². The standard InChI is InChI=1S/C15H19ClF2N2O/c1-10-9-20(2)7-6-13(10)19-14(21)15(17,18)11-4-3-5-12(16)8-11/h3-5,8,10,13H,6-7,9H2,1-2H3,(H,19,21)/t10-,13+/m0/s1. The highest BCUT2D eigenvalue weighted by atomic mass is 35.5. The number of carbonyl (C=O) groups is 1. The van der Waals surface area contributed by atoms with Crippen molar-refractivity contribution >= 4 is 17.5 Å². The van der Waals surface area contributed by atoms with Crippen molar-refractivity contribution in [1.82, 2.24) is 10.2 Å². The van der Waals surface area contributed by atoms with Crippen molar-refractivity contribution in [3.8, 4) is 0 Å². The molecule has 2 atom stereocenters. The average Bonchev–Trinajstić information content (AvgIpc) is 2.41. The summed E-state index contributed by atoms with van der Waals surface area (Å²) in [5.74, 6) is -4.69. The first-order chi connectivity index (χ1) is 9.80. The number of hydrogen-bond donors (Lipinski definition) is 1. The molecule has 2 rings (SSSR count). The van der Waals surface area contributed by atoms with Crippen LogP contribution in [0.2, 0.25) is 5.02 Å². The van der Waals surface area contributed by atoms with Crippen LogP contribution in [0.4, 0.5) is 8.78 Å². The Bertz CT molecular complexity index is 524. The van der Waals surface area contributed by atoms with Gasteiger partial charge in [0.25, 0.3) is 5.91 Å². The quantitative estimate of drug-likeness (QED) is 0.930. The molecule has 0 unspecified atom stereocenters. The molecule has 0 aliphatic carbocycles. The van der Waals surface area contributed by atoms with Crippen molar-refractivity contribution in [1.29, 1.82) is 0 Å². The van der Waals surface area contributed by atoms with Gasteiger partial charge in [-0.1, -0.05) is 30.7 Å². The smallest absolute Gasteiger partial charge is 0.347 e. The summed E-state index contributed by atoms with van der Waals surface area (Å²) in [5.41, 5.74) is -0.381. The van der Waals surface area contributed by atoms with Crippen molar-refractivity contribution in [3.63, 3.8) is 0 Å². The second kappa shape index (κ2) is 6.28. The first-order valence-corrected chi connectivity index (χ1v) is 7.32. The van der Waals surface area contributed by atoms with Crippen molar-refractivity contribution < 1.29 is 13.6 Å². The van der Waals surface area contributed by atoms with Crippen LogP contribution in [-0.2, 0) is 10.7 Å². The van der Waals surface area contributed by atoms with Gasteiger partial charge in [0, 0.05) is 23.2 Å². The molecule has 1 fully saturated rings. The first kappa shape index (κ1) is 16.2. The van der Waals surface area contributed by atoms with Gasteiger partial charge < -0.3 is 10.2 Å². The van der Waals surface area contributed by atoms with Gasteiger partial charge in [-0.15, -0.1) is 0 Å². The van der Waals surface area contributed by atoms with Crippen LogP contribution in [-0.4, -0.2) is 37.0 Å². The summed E-state index contributed by atoms with van der Waals surface area (Å²) < 4.78 is 28.4. The Morgan fingerprint density at radius 1 is 1.48 bits per heavy atom. The van der Waals surface area contributed by atoms with E-state index in [1.807, 2.05) is 14.0 Å². The number of likely N-dealkylation sites (tertiary alicyclic amines) is 1. The molecular weight excluding hydrogens is 298 g/mol. The maximum atomic E-state index is 14.2. The molecule has 1 aromatic rings. The summed E-state index contributed by atoms with van der Waals surface area (Å²) in [6.45, 7) is 3.53. The Balaban J connectivity index is 2.08. The molecule has 116 valence electrons. The molecule has 0 radical (unpaired) electrons. The van der Waals surface area contributed by atoms with E-state index in [2.05, 4.69) is 10.2 Å². The van der Waals surface area contributed by atoms with Crippen LogP contribution >= 0.6 is 11.6 Å². The minimum absolute atomic E-state index is 0.142. The zero-order valence-corrected chi connectivity index (χ0v) is 12.8. The fourth-order valence-electron chi connectivity index (χ4n) is 2.64. The fraction of sp³-hybridized carbons (Fsp3) is 0.533. The van der Waals surface area contributed by atoms with Gasteiger partial charge >= 0.3 is 5.92 Å². The maximum Gasteiger partial charge on any atom is 0.349 e. The van der Waals surface area contributed by atoms with Gasteiger partial charge in [0.15, 0.2) is 0 Å². The lowest BCUT2D eigenvalue weighted by Gasteiger charge is -2.35. The highest BCUT2D eigenvalue weighted by Gasteiger charge is 2.42. The molecule has 1 aliphatic heterocycles. The minimum Gasteiger partial charge on any atom is -0.347 e. The van der Waals surface area contributed by atoms with Crippen LogP contribution in [0.15, 0.2) is 24.3 Å². The highest BCUT2D eigenvalue weighted by molar-refractivity contribution is 6.30. The number of nitrogens with one attached hydrogen (secondary N) is 1. The second-order valence-electron chi connectivity index (χ2n) is 5.69. The molecule has 1 aromatic carbocycles. The van der Waals surface area contributed by atoms with Crippen LogP contribution in [0, 0.1) is 5.92 Å². The van der Waals surface area contributed by atoms with Gasteiger partial charge in [0.2, 0.25) is 0 Å². The zero-order valence-electron chi connectivity index (χ0n) is 12.1. The minimum atomic E-state index is -3.58. The molecule has 21 heavy (non-hydrogen) atoms. The summed E-state index contributed by atoms with van der Waals surface area (Å²) in [6.07, 6.45) is 0.676. The Morgan fingerprint density at radius 3 is 2.81 bits per heavy atom. The molecule has 1 N–H and O–H groups in total. The summed E-state index contributed by atoms with van der Waals surface area (Å²) in [7, 11) is 1.98. The lowest BCUT2D eigenvalue weighted by Crippen LogP contribution is -2.52. The van der Waals surface area contributed by atoms with Gasteiger partial charge in [0.05, 0.1) is 0 Å².